The Morgan fingerprint density at radius 3 is 2.36 bits per heavy atom. The van der Waals surface area contributed by atoms with Gasteiger partial charge in [-0.15, -0.1) is 0 Å². The molecule has 0 aliphatic rings. The fourth-order valence-corrected chi connectivity index (χ4v) is 2.45. The molecule has 0 saturated heterocycles. The van der Waals surface area contributed by atoms with Crippen molar-refractivity contribution in [2.45, 2.75) is 39.7 Å². The molecule has 1 rings (SSSR count). The van der Waals surface area contributed by atoms with Crippen LogP contribution in [-0.2, 0) is 0 Å². The van der Waals surface area contributed by atoms with E-state index < -0.39 is 0 Å². The Kier molecular flexibility index (Phi) is 4.64. The molecular weight excluding hydrogens is 308 g/mol. The molecule has 2 nitrogen and oxygen atoms in total. The summed E-state index contributed by atoms with van der Waals surface area (Å²) in [4.78, 5) is 4.23. The topological polar surface area (TPSA) is 17.8 Å². The zero-order valence-corrected chi connectivity index (χ0v) is 12.0. The van der Waals surface area contributed by atoms with Crippen LogP contribution < -0.4 is 0 Å². The molecule has 0 bridgehead atoms. The highest BCUT2D eigenvalue weighted by Gasteiger charge is 2.18. The van der Waals surface area contributed by atoms with Gasteiger partial charge in [-0.3, -0.25) is 0 Å². The van der Waals surface area contributed by atoms with Crippen LogP contribution in [-0.4, -0.2) is 9.55 Å². The van der Waals surface area contributed by atoms with Crippen molar-refractivity contribution in [3.05, 3.63) is 15.5 Å². The van der Waals surface area contributed by atoms with Crippen molar-refractivity contribution in [3.63, 3.8) is 0 Å². The van der Waals surface area contributed by atoms with E-state index in [4.69, 9.17) is 0 Å². The second-order valence-corrected chi connectivity index (χ2v) is 5.10. The summed E-state index contributed by atoms with van der Waals surface area (Å²) in [7, 11) is 0. The highest BCUT2D eigenvalue weighted by atomic mass is 79.9. The van der Waals surface area contributed by atoms with Crippen LogP contribution in [0.1, 0.15) is 39.7 Å². The quantitative estimate of drug-likeness (QED) is 0.802. The summed E-state index contributed by atoms with van der Waals surface area (Å²) in [6.45, 7) is 6.74. The monoisotopic (exact) mass is 322 g/mol. The lowest BCUT2D eigenvalue weighted by atomic mass is 9.97. The highest BCUT2D eigenvalue weighted by Crippen LogP contribution is 2.31. The van der Waals surface area contributed by atoms with Crippen molar-refractivity contribution in [2.75, 3.05) is 0 Å². The van der Waals surface area contributed by atoms with Gasteiger partial charge >= 0.3 is 0 Å². The maximum atomic E-state index is 4.23. The van der Waals surface area contributed by atoms with Crippen LogP contribution >= 0.6 is 31.9 Å². The van der Waals surface area contributed by atoms with Gasteiger partial charge in [-0.05, 0) is 44.2 Å². The Hall–Kier alpha value is 0.170. The van der Waals surface area contributed by atoms with Crippen LogP contribution in [0.2, 0.25) is 0 Å². The summed E-state index contributed by atoms with van der Waals surface area (Å²) in [5.74, 6) is 0.678. The van der Waals surface area contributed by atoms with Gasteiger partial charge in [-0.1, -0.05) is 27.2 Å². The van der Waals surface area contributed by atoms with Crippen LogP contribution in [0.5, 0.6) is 0 Å². The molecular formula is C10H16Br2N2. The minimum absolute atomic E-state index is 0.535. The van der Waals surface area contributed by atoms with E-state index in [1.165, 1.54) is 6.42 Å². The molecule has 1 aromatic rings. The molecule has 1 heterocycles. The fraction of sp³-hybridized carbons (Fsp3) is 0.700. The van der Waals surface area contributed by atoms with Gasteiger partial charge in [0, 0.05) is 6.04 Å². The summed E-state index contributed by atoms with van der Waals surface area (Å²) < 4.78 is 4.14. The average molecular weight is 324 g/mol. The van der Waals surface area contributed by atoms with E-state index in [1.54, 1.807) is 0 Å². The first kappa shape index (κ1) is 12.2. The molecule has 2 unspecified atom stereocenters. The van der Waals surface area contributed by atoms with Crippen molar-refractivity contribution >= 4 is 31.9 Å². The van der Waals surface area contributed by atoms with Crippen LogP contribution in [0.25, 0.3) is 0 Å². The van der Waals surface area contributed by atoms with Crippen molar-refractivity contribution < 1.29 is 0 Å². The third-order valence-corrected chi connectivity index (χ3v) is 4.67. The minimum Gasteiger partial charge on any atom is -0.321 e. The van der Waals surface area contributed by atoms with Crippen molar-refractivity contribution in [3.8, 4) is 0 Å². The van der Waals surface area contributed by atoms with E-state index in [9.17, 15) is 0 Å². The van der Waals surface area contributed by atoms with Crippen LogP contribution in [0, 0.1) is 5.92 Å². The molecule has 0 aliphatic carbocycles. The van der Waals surface area contributed by atoms with E-state index in [0.717, 1.165) is 15.6 Å². The molecule has 0 aliphatic heterocycles. The molecule has 80 valence electrons. The summed E-state index contributed by atoms with van der Waals surface area (Å²) in [6.07, 6.45) is 4.23. The Balaban J connectivity index is 2.94. The summed E-state index contributed by atoms with van der Waals surface area (Å²) in [5, 5.41) is 0. The fourth-order valence-electron chi connectivity index (χ4n) is 1.70. The normalized spacial score (nSPS) is 15.5. The molecule has 0 N–H and O–H groups in total. The summed E-state index contributed by atoms with van der Waals surface area (Å²) in [6, 6.07) is 0.535. The Morgan fingerprint density at radius 1 is 1.36 bits per heavy atom. The molecule has 0 fully saturated rings. The number of hydrogen-bond acceptors (Lipinski definition) is 1. The van der Waals surface area contributed by atoms with E-state index in [-0.39, 0.29) is 0 Å². The SMILES string of the molecule is CCC(C)C(CC)n1cnc(Br)c1Br. The predicted octanol–water partition coefficient (Wildman–Crippen LogP) is 4.41. The molecule has 4 heteroatoms. The van der Waals surface area contributed by atoms with E-state index in [1.807, 2.05) is 6.33 Å². The number of halogens is 2. The number of rotatable bonds is 4. The van der Waals surface area contributed by atoms with Gasteiger partial charge in [0.15, 0.2) is 0 Å². The maximum Gasteiger partial charge on any atom is 0.138 e. The van der Waals surface area contributed by atoms with Crippen molar-refractivity contribution in [2.24, 2.45) is 5.92 Å². The van der Waals surface area contributed by atoms with Crippen LogP contribution in [0.15, 0.2) is 15.5 Å². The van der Waals surface area contributed by atoms with Gasteiger partial charge in [0.1, 0.15) is 9.21 Å². The van der Waals surface area contributed by atoms with Crippen molar-refractivity contribution in [1.29, 1.82) is 0 Å². The molecule has 0 radical (unpaired) electrons. The van der Waals surface area contributed by atoms with Crippen LogP contribution in [0.4, 0.5) is 0 Å². The largest absolute Gasteiger partial charge is 0.321 e. The second-order valence-electron chi connectivity index (χ2n) is 3.59. The Morgan fingerprint density at radius 2 is 2.00 bits per heavy atom. The van der Waals surface area contributed by atoms with Gasteiger partial charge in [-0.25, -0.2) is 4.98 Å². The first-order valence-electron chi connectivity index (χ1n) is 4.99. The number of nitrogens with zero attached hydrogens (tertiary/aromatic N) is 2. The third kappa shape index (κ3) is 2.40. The second kappa shape index (κ2) is 5.31. The van der Waals surface area contributed by atoms with Gasteiger partial charge in [0.05, 0.1) is 6.33 Å². The molecule has 0 aromatic carbocycles. The smallest absolute Gasteiger partial charge is 0.138 e. The lowest BCUT2D eigenvalue weighted by Crippen LogP contribution is -2.15. The Bertz CT molecular complexity index is 296. The molecule has 14 heavy (non-hydrogen) atoms. The lowest BCUT2D eigenvalue weighted by molar-refractivity contribution is 0.329. The molecule has 0 spiro atoms. The van der Waals surface area contributed by atoms with Gasteiger partial charge in [-0.2, -0.15) is 0 Å². The first-order chi connectivity index (χ1) is 6.61. The third-order valence-electron chi connectivity index (χ3n) is 2.77. The summed E-state index contributed by atoms with van der Waals surface area (Å²) in [5.41, 5.74) is 0. The van der Waals surface area contributed by atoms with Crippen LogP contribution in [0.3, 0.4) is 0 Å². The number of hydrogen-bond donors (Lipinski definition) is 0. The number of aromatic nitrogens is 2. The molecule has 1 aromatic heterocycles. The van der Waals surface area contributed by atoms with Gasteiger partial charge in [0.2, 0.25) is 0 Å². The maximum absolute atomic E-state index is 4.23. The first-order valence-corrected chi connectivity index (χ1v) is 6.58. The lowest BCUT2D eigenvalue weighted by Gasteiger charge is -2.23. The zero-order chi connectivity index (χ0) is 10.7. The minimum atomic E-state index is 0.535. The molecule has 0 saturated carbocycles. The predicted molar refractivity (Wildman–Crippen MR) is 66.4 cm³/mol. The standard InChI is InChI=1S/C10H16Br2N2/c1-4-7(3)8(5-2)14-6-13-9(11)10(14)12/h6-8H,4-5H2,1-3H3. The molecule has 0 amide bonds. The van der Waals surface area contributed by atoms with Gasteiger partial charge < -0.3 is 4.57 Å². The van der Waals surface area contributed by atoms with E-state index in [2.05, 4.69) is 62.2 Å². The van der Waals surface area contributed by atoms with E-state index in [0.29, 0.717) is 12.0 Å². The van der Waals surface area contributed by atoms with Gasteiger partial charge in [0.25, 0.3) is 0 Å². The van der Waals surface area contributed by atoms with Crippen molar-refractivity contribution in [1.82, 2.24) is 9.55 Å². The average Bonchev–Trinajstić information content (AvgIpc) is 2.50. The zero-order valence-electron chi connectivity index (χ0n) is 8.80. The molecule has 2 atom stereocenters. The summed E-state index contributed by atoms with van der Waals surface area (Å²) >= 11 is 6.95. The number of imidazole rings is 1. The van der Waals surface area contributed by atoms with E-state index >= 15 is 0 Å². The Labute approximate surface area is 102 Å². The highest BCUT2D eigenvalue weighted by molar-refractivity contribution is 9.13.